The lowest BCUT2D eigenvalue weighted by Gasteiger charge is -2.03. The minimum absolute atomic E-state index is 0.0398. The van der Waals surface area contributed by atoms with E-state index >= 15 is 0 Å². The van der Waals surface area contributed by atoms with Crippen molar-refractivity contribution in [3.63, 3.8) is 0 Å². The van der Waals surface area contributed by atoms with E-state index in [-0.39, 0.29) is 6.04 Å². The summed E-state index contributed by atoms with van der Waals surface area (Å²) in [6, 6.07) is 7.82. The number of hydrogen-bond acceptors (Lipinski definition) is 5. The zero-order chi connectivity index (χ0) is 13.8. The Bertz CT molecular complexity index is 552. The van der Waals surface area contributed by atoms with Crippen molar-refractivity contribution in [1.29, 1.82) is 0 Å². The molecule has 0 radical (unpaired) electrons. The fourth-order valence-corrected chi connectivity index (χ4v) is 2.86. The zero-order valence-corrected chi connectivity index (χ0v) is 12.2. The van der Waals surface area contributed by atoms with Gasteiger partial charge in [0, 0.05) is 23.6 Å². The fourth-order valence-electron chi connectivity index (χ4n) is 1.84. The zero-order valence-electron chi connectivity index (χ0n) is 11.3. The fraction of sp³-hybridized carbons (Fsp3) is 0.357. The normalized spacial score (nSPS) is 12.4. The number of rotatable bonds is 5. The lowest BCUT2D eigenvalue weighted by Crippen LogP contribution is -2.06. The molecule has 2 N–H and O–H groups in total. The molecule has 0 aliphatic carbocycles. The van der Waals surface area contributed by atoms with Gasteiger partial charge in [0.25, 0.3) is 0 Å². The summed E-state index contributed by atoms with van der Waals surface area (Å²) in [4.78, 5) is 5.69. The Kier molecular flexibility index (Phi) is 4.52. The summed E-state index contributed by atoms with van der Waals surface area (Å²) in [6.07, 6.45) is 0. The van der Waals surface area contributed by atoms with E-state index in [9.17, 15) is 0 Å². The Morgan fingerprint density at radius 3 is 2.79 bits per heavy atom. The summed E-state index contributed by atoms with van der Waals surface area (Å²) in [7, 11) is 3.32. The first kappa shape index (κ1) is 14.0. The van der Waals surface area contributed by atoms with Gasteiger partial charge in [-0.05, 0) is 19.1 Å². The molecular weight excluding hydrogens is 260 g/mol. The second-order valence-corrected chi connectivity index (χ2v) is 5.31. The van der Waals surface area contributed by atoms with E-state index in [1.807, 2.05) is 31.2 Å². The molecule has 1 atom stereocenters. The first-order chi connectivity index (χ1) is 9.15. The van der Waals surface area contributed by atoms with Crippen LogP contribution in [0.5, 0.6) is 5.75 Å². The van der Waals surface area contributed by atoms with Gasteiger partial charge in [-0.3, -0.25) is 0 Å². The number of ether oxygens (including phenoxy) is 2. The van der Waals surface area contributed by atoms with Crippen molar-refractivity contribution in [3.05, 3.63) is 34.8 Å². The molecular formula is C14H18N2O2S. The minimum Gasteiger partial charge on any atom is -0.497 e. The molecule has 2 aromatic rings. The quantitative estimate of drug-likeness (QED) is 0.913. The van der Waals surface area contributed by atoms with Crippen molar-refractivity contribution in [2.45, 2.75) is 19.6 Å². The molecule has 0 saturated carbocycles. The molecule has 5 heteroatoms. The Balaban J connectivity index is 2.41. The number of benzene rings is 1. The summed E-state index contributed by atoms with van der Waals surface area (Å²) in [5.41, 5.74) is 7.94. The van der Waals surface area contributed by atoms with Crippen molar-refractivity contribution in [1.82, 2.24) is 4.98 Å². The van der Waals surface area contributed by atoms with Crippen LogP contribution < -0.4 is 10.5 Å². The highest BCUT2D eigenvalue weighted by atomic mass is 32.1. The third-order valence-corrected chi connectivity index (χ3v) is 4.09. The third-order valence-electron chi connectivity index (χ3n) is 2.74. The molecule has 0 aliphatic rings. The van der Waals surface area contributed by atoms with Crippen LogP contribution >= 0.6 is 11.3 Å². The smallest absolute Gasteiger partial charge is 0.124 e. The second-order valence-electron chi connectivity index (χ2n) is 4.28. The van der Waals surface area contributed by atoms with Crippen LogP contribution in [0.4, 0.5) is 0 Å². The summed E-state index contributed by atoms with van der Waals surface area (Å²) >= 11 is 1.61. The van der Waals surface area contributed by atoms with Gasteiger partial charge in [0.05, 0.1) is 19.4 Å². The lowest BCUT2D eigenvalue weighted by molar-refractivity contribution is 0.181. The van der Waals surface area contributed by atoms with E-state index in [4.69, 9.17) is 15.2 Å². The Morgan fingerprint density at radius 2 is 2.16 bits per heavy atom. The van der Waals surface area contributed by atoms with Crippen LogP contribution in [-0.2, 0) is 11.3 Å². The molecule has 0 spiro atoms. The van der Waals surface area contributed by atoms with Gasteiger partial charge in [-0.15, -0.1) is 11.3 Å². The van der Waals surface area contributed by atoms with Gasteiger partial charge in [0.15, 0.2) is 0 Å². The van der Waals surface area contributed by atoms with Gasteiger partial charge in [0.2, 0.25) is 0 Å². The van der Waals surface area contributed by atoms with Gasteiger partial charge in [-0.25, -0.2) is 4.98 Å². The van der Waals surface area contributed by atoms with Crippen molar-refractivity contribution in [2.75, 3.05) is 14.2 Å². The first-order valence-corrected chi connectivity index (χ1v) is 6.86. The number of hydrogen-bond donors (Lipinski definition) is 1. The highest BCUT2D eigenvalue weighted by Gasteiger charge is 2.15. The maximum absolute atomic E-state index is 5.98. The van der Waals surface area contributed by atoms with Gasteiger partial charge >= 0.3 is 0 Å². The maximum atomic E-state index is 5.98. The van der Waals surface area contributed by atoms with Crippen molar-refractivity contribution >= 4 is 11.3 Å². The van der Waals surface area contributed by atoms with Gasteiger partial charge in [-0.2, -0.15) is 0 Å². The number of thiazole rings is 1. The van der Waals surface area contributed by atoms with E-state index in [1.165, 1.54) is 0 Å². The molecule has 0 fully saturated rings. The number of aromatic nitrogens is 1. The predicted molar refractivity (Wildman–Crippen MR) is 77.4 cm³/mol. The van der Waals surface area contributed by atoms with Crippen LogP contribution in [0.15, 0.2) is 24.3 Å². The maximum Gasteiger partial charge on any atom is 0.124 e. The average Bonchev–Trinajstić information content (AvgIpc) is 2.83. The van der Waals surface area contributed by atoms with Crippen molar-refractivity contribution < 1.29 is 9.47 Å². The molecule has 1 heterocycles. The highest BCUT2D eigenvalue weighted by Crippen LogP contribution is 2.33. The molecule has 0 saturated heterocycles. The largest absolute Gasteiger partial charge is 0.497 e. The topological polar surface area (TPSA) is 57.4 Å². The first-order valence-electron chi connectivity index (χ1n) is 6.04. The van der Waals surface area contributed by atoms with E-state index in [2.05, 4.69) is 4.98 Å². The van der Waals surface area contributed by atoms with Crippen LogP contribution in [0.25, 0.3) is 10.6 Å². The van der Waals surface area contributed by atoms with Crippen molar-refractivity contribution in [3.8, 4) is 16.3 Å². The lowest BCUT2D eigenvalue weighted by atomic mass is 10.2. The van der Waals surface area contributed by atoms with E-state index < -0.39 is 0 Å². The second kappa shape index (κ2) is 6.14. The number of nitrogens with two attached hydrogens (primary N) is 1. The molecule has 1 unspecified atom stereocenters. The van der Waals surface area contributed by atoms with Crippen LogP contribution in [-0.4, -0.2) is 19.2 Å². The Morgan fingerprint density at radius 1 is 1.37 bits per heavy atom. The number of methoxy groups -OCH3 is 2. The molecule has 0 amide bonds. The number of nitrogens with zero attached hydrogens (tertiary/aromatic N) is 1. The van der Waals surface area contributed by atoms with Crippen LogP contribution in [0, 0.1) is 0 Å². The summed E-state index contributed by atoms with van der Waals surface area (Å²) < 4.78 is 10.4. The van der Waals surface area contributed by atoms with E-state index in [1.54, 1.807) is 25.6 Å². The van der Waals surface area contributed by atoms with Crippen LogP contribution in [0.2, 0.25) is 0 Å². The van der Waals surface area contributed by atoms with Crippen LogP contribution in [0.3, 0.4) is 0 Å². The predicted octanol–water partition coefficient (Wildman–Crippen LogP) is 2.98. The highest BCUT2D eigenvalue weighted by molar-refractivity contribution is 7.15. The molecule has 1 aromatic carbocycles. The standard InChI is InChI=1S/C14H18N2O2S/c1-9(15)13-12(8-17-2)16-14(19-13)10-5-4-6-11(7-10)18-3/h4-7,9H,8,15H2,1-3H3. The van der Waals surface area contributed by atoms with E-state index in [0.717, 1.165) is 26.9 Å². The van der Waals surface area contributed by atoms with Gasteiger partial charge in [0.1, 0.15) is 10.8 Å². The molecule has 19 heavy (non-hydrogen) atoms. The summed E-state index contributed by atoms with van der Waals surface area (Å²) in [5, 5.41) is 0.943. The Hall–Kier alpha value is -1.43. The van der Waals surface area contributed by atoms with E-state index in [0.29, 0.717) is 6.61 Å². The molecule has 1 aromatic heterocycles. The average molecular weight is 278 g/mol. The Labute approximate surface area is 117 Å². The van der Waals surface area contributed by atoms with Gasteiger partial charge < -0.3 is 15.2 Å². The summed E-state index contributed by atoms with van der Waals surface area (Å²) in [5.74, 6) is 0.823. The van der Waals surface area contributed by atoms with Gasteiger partial charge in [-0.1, -0.05) is 12.1 Å². The summed E-state index contributed by atoms with van der Waals surface area (Å²) in [6.45, 7) is 2.44. The van der Waals surface area contributed by atoms with Crippen molar-refractivity contribution in [2.24, 2.45) is 5.73 Å². The third kappa shape index (κ3) is 3.12. The minimum atomic E-state index is -0.0398. The van der Waals surface area contributed by atoms with Crippen LogP contribution in [0.1, 0.15) is 23.5 Å². The molecule has 0 aliphatic heterocycles. The molecule has 4 nitrogen and oxygen atoms in total. The molecule has 2 rings (SSSR count). The monoisotopic (exact) mass is 278 g/mol. The SMILES string of the molecule is COCc1nc(-c2cccc(OC)c2)sc1C(C)N. The molecule has 102 valence electrons. The molecule has 0 bridgehead atoms.